The molecule has 78 valence electrons. The van der Waals surface area contributed by atoms with Crippen LogP contribution in [0.4, 0.5) is 0 Å². The first-order valence-electron chi connectivity index (χ1n) is 4.50. The zero-order valence-electron chi connectivity index (χ0n) is 8.38. The van der Waals surface area contributed by atoms with Crippen molar-refractivity contribution in [3.8, 4) is 0 Å². The Morgan fingerprint density at radius 1 is 1.53 bits per heavy atom. The lowest BCUT2D eigenvalue weighted by Gasteiger charge is -2.05. The van der Waals surface area contributed by atoms with E-state index < -0.39 is 11.9 Å². The molecule has 6 heteroatoms. The molecule has 0 fully saturated rings. The molecule has 1 N–H and O–H groups in total. The number of rotatable bonds is 2. The van der Waals surface area contributed by atoms with E-state index in [2.05, 4.69) is 15.2 Å². The van der Waals surface area contributed by atoms with Crippen LogP contribution in [0.15, 0.2) is 12.4 Å². The number of hydrogen-bond donors (Lipinski definition) is 1. The van der Waals surface area contributed by atoms with Gasteiger partial charge in [0, 0.05) is 12.4 Å². The second kappa shape index (κ2) is 3.30. The quantitative estimate of drug-likeness (QED) is 0.779. The van der Waals surface area contributed by atoms with Gasteiger partial charge in [-0.2, -0.15) is 0 Å². The van der Waals surface area contributed by atoms with Crippen molar-refractivity contribution >= 4 is 11.6 Å². The minimum Gasteiger partial charge on any atom is -0.481 e. The van der Waals surface area contributed by atoms with E-state index in [-0.39, 0.29) is 0 Å². The minimum absolute atomic E-state index is 0.436. The molecule has 0 saturated carbocycles. The second-order valence-electron chi connectivity index (χ2n) is 3.31. The summed E-state index contributed by atoms with van der Waals surface area (Å²) in [6, 6.07) is 0. The molecule has 0 aliphatic rings. The van der Waals surface area contributed by atoms with Gasteiger partial charge in [0.25, 0.3) is 0 Å². The van der Waals surface area contributed by atoms with E-state index in [1.165, 1.54) is 0 Å². The highest BCUT2D eigenvalue weighted by Crippen LogP contribution is 2.17. The van der Waals surface area contributed by atoms with Crippen LogP contribution in [-0.2, 0) is 4.79 Å². The number of aliphatic carboxylic acids is 1. The Hall–Kier alpha value is -1.98. The number of fused-ring (bicyclic) bond motifs is 1. The van der Waals surface area contributed by atoms with E-state index in [9.17, 15) is 4.79 Å². The van der Waals surface area contributed by atoms with E-state index in [1.807, 2.05) is 0 Å². The van der Waals surface area contributed by atoms with Gasteiger partial charge in [0.1, 0.15) is 5.82 Å². The molecule has 0 amide bonds. The molecule has 2 rings (SSSR count). The van der Waals surface area contributed by atoms with Crippen molar-refractivity contribution in [1.29, 1.82) is 0 Å². The average molecular weight is 206 g/mol. The van der Waals surface area contributed by atoms with Gasteiger partial charge in [-0.25, -0.2) is 0 Å². The average Bonchev–Trinajstić information content (AvgIpc) is 2.59. The minimum atomic E-state index is -0.920. The molecule has 2 aromatic heterocycles. The SMILES string of the molecule is Cc1nnc2c(C(C)C(=O)O)nccn12. The summed E-state index contributed by atoms with van der Waals surface area (Å²) in [5.74, 6) is -0.889. The van der Waals surface area contributed by atoms with Crippen LogP contribution in [0.25, 0.3) is 5.65 Å². The predicted octanol–water partition coefficient (Wildman–Crippen LogP) is 0.621. The Bertz CT molecular complexity index is 520. The maximum Gasteiger partial charge on any atom is 0.312 e. The first-order valence-corrected chi connectivity index (χ1v) is 4.50. The Kier molecular flexibility index (Phi) is 2.11. The number of aryl methyl sites for hydroxylation is 1. The molecular formula is C9H10N4O2. The van der Waals surface area contributed by atoms with Crippen LogP contribution >= 0.6 is 0 Å². The van der Waals surface area contributed by atoms with Gasteiger partial charge in [-0.05, 0) is 13.8 Å². The Morgan fingerprint density at radius 2 is 2.27 bits per heavy atom. The molecule has 0 saturated heterocycles. The first-order chi connectivity index (χ1) is 7.11. The molecule has 1 atom stereocenters. The first kappa shape index (κ1) is 9.57. The largest absolute Gasteiger partial charge is 0.481 e. The zero-order chi connectivity index (χ0) is 11.0. The van der Waals surface area contributed by atoms with Crippen molar-refractivity contribution in [2.24, 2.45) is 0 Å². The zero-order valence-corrected chi connectivity index (χ0v) is 8.38. The molecule has 15 heavy (non-hydrogen) atoms. The number of aromatic nitrogens is 4. The monoisotopic (exact) mass is 206 g/mol. The van der Waals surface area contributed by atoms with Gasteiger partial charge in [-0.1, -0.05) is 0 Å². The van der Waals surface area contributed by atoms with Crippen LogP contribution in [0.2, 0.25) is 0 Å². The fraction of sp³-hybridized carbons (Fsp3) is 0.333. The maximum atomic E-state index is 10.9. The molecule has 0 spiro atoms. The molecular weight excluding hydrogens is 196 g/mol. The third-order valence-corrected chi connectivity index (χ3v) is 2.31. The normalized spacial score (nSPS) is 12.9. The number of carboxylic acids is 1. The van der Waals surface area contributed by atoms with E-state index in [1.54, 1.807) is 30.6 Å². The Labute approximate surface area is 85.6 Å². The lowest BCUT2D eigenvalue weighted by atomic mass is 10.1. The topological polar surface area (TPSA) is 80.4 Å². The molecule has 0 aliphatic heterocycles. The van der Waals surface area contributed by atoms with E-state index >= 15 is 0 Å². The molecule has 0 aliphatic carbocycles. The Balaban J connectivity index is 2.66. The summed E-state index contributed by atoms with van der Waals surface area (Å²) >= 11 is 0. The van der Waals surface area contributed by atoms with Gasteiger partial charge in [-0.15, -0.1) is 10.2 Å². The fourth-order valence-electron chi connectivity index (χ4n) is 1.38. The highest BCUT2D eigenvalue weighted by atomic mass is 16.4. The molecule has 0 bridgehead atoms. The van der Waals surface area contributed by atoms with Crippen LogP contribution in [0, 0.1) is 6.92 Å². The maximum absolute atomic E-state index is 10.9. The second-order valence-corrected chi connectivity index (χ2v) is 3.31. The van der Waals surface area contributed by atoms with Gasteiger partial charge in [0.05, 0.1) is 11.6 Å². The van der Waals surface area contributed by atoms with Crippen molar-refractivity contribution in [2.45, 2.75) is 19.8 Å². The molecule has 2 aromatic rings. The summed E-state index contributed by atoms with van der Waals surface area (Å²) < 4.78 is 1.72. The highest BCUT2D eigenvalue weighted by molar-refractivity contribution is 5.77. The molecule has 1 unspecified atom stereocenters. The van der Waals surface area contributed by atoms with Gasteiger partial charge in [0.2, 0.25) is 0 Å². The summed E-state index contributed by atoms with van der Waals surface area (Å²) in [6.07, 6.45) is 3.26. The third kappa shape index (κ3) is 1.43. The summed E-state index contributed by atoms with van der Waals surface area (Å²) in [4.78, 5) is 14.9. The predicted molar refractivity (Wildman–Crippen MR) is 51.6 cm³/mol. The number of carbonyl (C=O) groups is 1. The van der Waals surface area contributed by atoms with Gasteiger partial charge in [0.15, 0.2) is 5.65 Å². The molecule has 0 aromatic carbocycles. The van der Waals surface area contributed by atoms with Crippen molar-refractivity contribution in [3.63, 3.8) is 0 Å². The molecule has 2 heterocycles. The number of hydrogen-bond acceptors (Lipinski definition) is 4. The van der Waals surface area contributed by atoms with Crippen LogP contribution < -0.4 is 0 Å². The standard InChI is InChI=1S/C9H10N4O2/c1-5(9(14)15)7-8-12-11-6(2)13(8)4-3-10-7/h3-5H,1-2H3,(H,14,15). The Morgan fingerprint density at radius 3 is 2.93 bits per heavy atom. The highest BCUT2D eigenvalue weighted by Gasteiger charge is 2.20. The summed E-state index contributed by atoms with van der Waals surface area (Å²) in [6.45, 7) is 3.38. The van der Waals surface area contributed by atoms with Crippen molar-refractivity contribution in [3.05, 3.63) is 23.9 Å². The van der Waals surface area contributed by atoms with Gasteiger partial charge >= 0.3 is 5.97 Å². The van der Waals surface area contributed by atoms with Crippen LogP contribution in [0.5, 0.6) is 0 Å². The lowest BCUT2D eigenvalue weighted by molar-refractivity contribution is -0.138. The summed E-state index contributed by atoms with van der Waals surface area (Å²) in [7, 11) is 0. The molecule has 0 radical (unpaired) electrons. The smallest absolute Gasteiger partial charge is 0.312 e. The van der Waals surface area contributed by atoms with Crippen LogP contribution in [0.1, 0.15) is 24.4 Å². The summed E-state index contributed by atoms with van der Waals surface area (Å²) in [5, 5.41) is 16.7. The van der Waals surface area contributed by atoms with E-state index in [4.69, 9.17) is 5.11 Å². The van der Waals surface area contributed by atoms with Gasteiger partial charge in [-0.3, -0.25) is 14.2 Å². The van der Waals surface area contributed by atoms with Crippen molar-refractivity contribution in [2.75, 3.05) is 0 Å². The van der Waals surface area contributed by atoms with Crippen LogP contribution in [0.3, 0.4) is 0 Å². The van der Waals surface area contributed by atoms with E-state index in [0.717, 1.165) is 0 Å². The third-order valence-electron chi connectivity index (χ3n) is 2.31. The van der Waals surface area contributed by atoms with Crippen molar-refractivity contribution in [1.82, 2.24) is 19.6 Å². The number of carboxylic acid groups (broad SMARTS) is 1. The summed E-state index contributed by atoms with van der Waals surface area (Å²) in [5.41, 5.74) is 0.940. The van der Waals surface area contributed by atoms with Crippen LogP contribution in [-0.4, -0.2) is 30.7 Å². The van der Waals surface area contributed by atoms with Gasteiger partial charge < -0.3 is 5.11 Å². The lowest BCUT2D eigenvalue weighted by Crippen LogP contribution is -2.11. The van der Waals surface area contributed by atoms with E-state index in [0.29, 0.717) is 17.2 Å². The number of nitrogens with zero attached hydrogens (tertiary/aromatic N) is 4. The fourth-order valence-corrected chi connectivity index (χ4v) is 1.38. The van der Waals surface area contributed by atoms with Crippen molar-refractivity contribution < 1.29 is 9.90 Å². The molecule has 6 nitrogen and oxygen atoms in total.